The molecule has 0 spiro atoms. The van der Waals surface area contributed by atoms with Crippen LogP contribution in [0.5, 0.6) is 0 Å². The summed E-state index contributed by atoms with van der Waals surface area (Å²) in [6.45, 7) is 1.18. The standard InChI is InChI=1S/C10H13NO/c12-7-8-5-9-3-1-2-4-10(9)11-6-8/h1-4,8,11-12H,5-7H2/t8-/m1/s1. The molecule has 2 rings (SSSR count). The number of para-hydroxylation sites is 1. The van der Waals surface area contributed by atoms with Crippen LogP contribution in [-0.2, 0) is 6.42 Å². The number of hydrogen-bond acceptors (Lipinski definition) is 2. The van der Waals surface area contributed by atoms with Gasteiger partial charge in [0.1, 0.15) is 0 Å². The molecule has 12 heavy (non-hydrogen) atoms. The number of benzene rings is 1. The highest BCUT2D eigenvalue weighted by Gasteiger charge is 2.15. The van der Waals surface area contributed by atoms with Crippen molar-refractivity contribution in [3.8, 4) is 0 Å². The zero-order valence-corrected chi connectivity index (χ0v) is 6.96. The Bertz CT molecular complexity index is 272. The second kappa shape index (κ2) is 3.15. The zero-order valence-electron chi connectivity index (χ0n) is 6.96. The smallest absolute Gasteiger partial charge is 0.0479 e. The average Bonchev–Trinajstić information content (AvgIpc) is 2.17. The first kappa shape index (κ1) is 7.62. The van der Waals surface area contributed by atoms with Gasteiger partial charge in [-0.3, -0.25) is 0 Å². The molecule has 0 amide bonds. The highest BCUT2D eigenvalue weighted by atomic mass is 16.3. The number of fused-ring (bicyclic) bond motifs is 1. The number of aliphatic hydroxyl groups excluding tert-OH is 1. The number of rotatable bonds is 1. The number of aliphatic hydroxyl groups is 1. The van der Waals surface area contributed by atoms with Crippen molar-refractivity contribution in [1.82, 2.24) is 0 Å². The Kier molecular flexibility index (Phi) is 2.00. The fourth-order valence-corrected chi connectivity index (χ4v) is 1.64. The van der Waals surface area contributed by atoms with Gasteiger partial charge in [-0.05, 0) is 18.1 Å². The van der Waals surface area contributed by atoms with Crippen molar-refractivity contribution >= 4 is 5.69 Å². The van der Waals surface area contributed by atoms with E-state index in [1.54, 1.807) is 0 Å². The Morgan fingerprint density at radius 2 is 2.25 bits per heavy atom. The van der Waals surface area contributed by atoms with E-state index >= 15 is 0 Å². The van der Waals surface area contributed by atoms with Gasteiger partial charge in [0.25, 0.3) is 0 Å². The van der Waals surface area contributed by atoms with E-state index in [4.69, 9.17) is 5.11 Å². The first-order valence-corrected chi connectivity index (χ1v) is 4.33. The van der Waals surface area contributed by atoms with Gasteiger partial charge in [-0.15, -0.1) is 0 Å². The molecule has 0 fully saturated rings. The predicted molar refractivity (Wildman–Crippen MR) is 49.2 cm³/mol. The molecule has 1 aliphatic heterocycles. The molecule has 0 saturated heterocycles. The summed E-state index contributed by atoms with van der Waals surface area (Å²) in [4.78, 5) is 0. The Hall–Kier alpha value is -1.02. The first-order chi connectivity index (χ1) is 5.90. The van der Waals surface area contributed by atoms with Crippen LogP contribution in [0.1, 0.15) is 5.56 Å². The Balaban J connectivity index is 2.23. The van der Waals surface area contributed by atoms with E-state index in [-0.39, 0.29) is 6.61 Å². The van der Waals surface area contributed by atoms with E-state index in [0.717, 1.165) is 13.0 Å². The van der Waals surface area contributed by atoms with Crippen LogP contribution in [0, 0.1) is 5.92 Å². The lowest BCUT2D eigenvalue weighted by atomic mass is 9.95. The number of hydrogen-bond donors (Lipinski definition) is 2. The molecule has 0 unspecified atom stereocenters. The second-order valence-corrected chi connectivity index (χ2v) is 3.29. The molecular weight excluding hydrogens is 150 g/mol. The minimum atomic E-state index is 0.279. The van der Waals surface area contributed by atoms with Crippen LogP contribution in [0.2, 0.25) is 0 Å². The normalized spacial score (nSPS) is 21.2. The fourth-order valence-electron chi connectivity index (χ4n) is 1.64. The van der Waals surface area contributed by atoms with Crippen molar-refractivity contribution in [1.29, 1.82) is 0 Å². The molecule has 1 aliphatic rings. The largest absolute Gasteiger partial charge is 0.396 e. The monoisotopic (exact) mass is 163 g/mol. The molecule has 1 aromatic rings. The van der Waals surface area contributed by atoms with Gasteiger partial charge in [0.05, 0.1) is 0 Å². The van der Waals surface area contributed by atoms with Crippen molar-refractivity contribution in [2.75, 3.05) is 18.5 Å². The molecule has 0 radical (unpaired) electrons. The molecule has 2 nitrogen and oxygen atoms in total. The maximum atomic E-state index is 8.98. The Morgan fingerprint density at radius 3 is 3.08 bits per heavy atom. The number of anilines is 1. The third-order valence-electron chi connectivity index (χ3n) is 2.37. The zero-order chi connectivity index (χ0) is 8.39. The highest BCUT2D eigenvalue weighted by molar-refractivity contribution is 5.53. The molecule has 1 atom stereocenters. The summed E-state index contributed by atoms with van der Waals surface area (Å²) in [7, 11) is 0. The number of nitrogens with one attached hydrogen (secondary N) is 1. The topological polar surface area (TPSA) is 32.3 Å². The average molecular weight is 163 g/mol. The van der Waals surface area contributed by atoms with Gasteiger partial charge in [-0.25, -0.2) is 0 Å². The molecule has 1 aromatic carbocycles. The molecule has 0 aromatic heterocycles. The summed E-state index contributed by atoms with van der Waals surface area (Å²) >= 11 is 0. The predicted octanol–water partition coefficient (Wildman–Crippen LogP) is 1.26. The Labute approximate surface area is 72.2 Å². The van der Waals surface area contributed by atoms with Crippen molar-refractivity contribution in [3.05, 3.63) is 29.8 Å². The van der Waals surface area contributed by atoms with E-state index in [1.807, 2.05) is 12.1 Å². The maximum absolute atomic E-state index is 8.98. The molecule has 0 saturated carbocycles. The molecule has 2 N–H and O–H groups in total. The van der Waals surface area contributed by atoms with Crippen LogP contribution >= 0.6 is 0 Å². The van der Waals surface area contributed by atoms with Crippen molar-refractivity contribution in [2.24, 2.45) is 5.92 Å². The molecular formula is C10H13NO. The van der Waals surface area contributed by atoms with Gasteiger partial charge in [0, 0.05) is 24.8 Å². The summed E-state index contributed by atoms with van der Waals surface area (Å²) in [5.74, 6) is 0.389. The third kappa shape index (κ3) is 1.30. The summed E-state index contributed by atoms with van der Waals surface area (Å²) in [5.41, 5.74) is 2.55. The van der Waals surface area contributed by atoms with Crippen LogP contribution in [0.15, 0.2) is 24.3 Å². The van der Waals surface area contributed by atoms with E-state index in [1.165, 1.54) is 11.3 Å². The minimum Gasteiger partial charge on any atom is -0.396 e. The first-order valence-electron chi connectivity index (χ1n) is 4.33. The van der Waals surface area contributed by atoms with E-state index in [0.29, 0.717) is 5.92 Å². The van der Waals surface area contributed by atoms with Gasteiger partial charge in [-0.2, -0.15) is 0 Å². The van der Waals surface area contributed by atoms with Crippen molar-refractivity contribution in [2.45, 2.75) is 6.42 Å². The van der Waals surface area contributed by atoms with Gasteiger partial charge >= 0.3 is 0 Å². The molecule has 2 heteroatoms. The second-order valence-electron chi connectivity index (χ2n) is 3.29. The lowest BCUT2D eigenvalue weighted by molar-refractivity contribution is 0.230. The molecule has 1 heterocycles. The van der Waals surface area contributed by atoms with Crippen LogP contribution < -0.4 is 5.32 Å². The fraction of sp³-hybridized carbons (Fsp3) is 0.400. The van der Waals surface area contributed by atoms with E-state index in [2.05, 4.69) is 17.4 Å². The molecule has 0 bridgehead atoms. The lowest BCUT2D eigenvalue weighted by Gasteiger charge is -2.24. The molecule has 0 aliphatic carbocycles. The van der Waals surface area contributed by atoms with E-state index < -0.39 is 0 Å². The van der Waals surface area contributed by atoms with E-state index in [9.17, 15) is 0 Å². The van der Waals surface area contributed by atoms with Gasteiger partial charge in [-0.1, -0.05) is 18.2 Å². The summed E-state index contributed by atoms with van der Waals surface area (Å²) in [5, 5.41) is 12.3. The highest BCUT2D eigenvalue weighted by Crippen LogP contribution is 2.23. The van der Waals surface area contributed by atoms with Crippen LogP contribution in [0.3, 0.4) is 0 Å². The summed E-state index contributed by atoms with van der Waals surface area (Å²) in [6, 6.07) is 8.28. The van der Waals surface area contributed by atoms with Crippen molar-refractivity contribution < 1.29 is 5.11 Å². The van der Waals surface area contributed by atoms with Gasteiger partial charge < -0.3 is 10.4 Å². The third-order valence-corrected chi connectivity index (χ3v) is 2.37. The quantitative estimate of drug-likeness (QED) is 0.653. The van der Waals surface area contributed by atoms with Crippen LogP contribution in [0.4, 0.5) is 5.69 Å². The van der Waals surface area contributed by atoms with Gasteiger partial charge in [0.15, 0.2) is 0 Å². The minimum absolute atomic E-state index is 0.279. The van der Waals surface area contributed by atoms with Crippen LogP contribution in [0.25, 0.3) is 0 Å². The summed E-state index contributed by atoms with van der Waals surface area (Å²) < 4.78 is 0. The summed E-state index contributed by atoms with van der Waals surface area (Å²) in [6.07, 6.45) is 1.000. The molecule has 64 valence electrons. The van der Waals surface area contributed by atoms with Crippen molar-refractivity contribution in [3.63, 3.8) is 0 Å². The maximum Gasteiger partial charge on any atom is 0.0479 e. The Morgan fingerprint density at radius 1 is 1.42 bits per heavy atom. The SMILES string of the molecule is OC[C@H]1CNc2ccccc2C1. The van der Waals surface area contributed by atoms with Gasteiger partial charge in [0.2, 0.25) is 0 Å². The lowest BCUT2D eigenvalue weighted by Crippen LogP contribution is -2.25. The van der Waals surface area contributed by atoms with Crippen LogP contribution in [-0.4, -0.2) is 18.3 Å².